The molecule has 2 N–H and O–H groups in total. The van der Waals surface area contributed by atoms with Crippen LogP contribution >= 0.6 is 11.6 Å². The van der Waals surface area contributed by atoms with Crippen LogP contribution in [-0.2, 0) is 9.59 Å². The number of nitrogens with one attached hydrogen (secondary N) is 2. The van der Waals surface area contributed by atoms with Crippen LogP contribution in [0.15, 0.2) is 18.2 Å². The van der Waals surface area contributed by atoms with Crippen LogP contribution in [0.1, 0.15) is 33.6 Å². The summed E-state index contributed by atoms with van der Waals surface area (Å²) in [7, 11) is 0. The molecule has 0 bridgehead atoms. The Bertz CT molecular complexity index is 710. The molecule has 25 heavy (non-hydrogen) atoms. The maximum atomic E-state index is 13.7. The van der Waals surface area contributed by atoms with Gasteiger partial charge in [0, 0.05) is 5.02 Å². The lowest BCUT2D eigenvalue weighted by Gasteiger charge is -2.22. The summed E-state index contributed by atoms with van der Waals surface area (Å²) in [5.41, 5.74) is -1.09. The second-order valence-corrected chi connectivity index (χ2v) is 7.19. The number of nitrogens with zero attached hydrogens (tertiary/aromatic N) is 1. The molecule has 1 fully saturated rings. The van der Waals surface area contributed by atoms with Crippen LogP contribution in [0, 0.1) is 11.7 Å². The zero-order valence-corrected chi connectivity index (χ0v) is 15.1. The lowest BCUT2D eigenvalue weighted by molar-refractivity contribution is -0.133. The zero-order valence-electron chi connectivity index (χ0n) is 14.4. The third-order valence-corrected chi connectivity index (χ3v) is 4.31. The number of hydrogen-bond donors (Lipinski definition) is 2. The standard InChI is InChI=1S/C17H21ClFN3O3/c1-10(2)6-7-17(3)15(24)22(16(25)21-17)9-14(23)20-13-5-4-11(18)8-12(13)19/h4-5,8,10H,6-7,9H2,1-3H3,(H,20,23)(H,21,25)/t17-/m1/s1. The van der Waals surface area contributed by atoms with Crippen molar-refractivity contribution < 1.29 is 18.8 Å². The molecule has 0 aliphatic carbocycles. The third-order valence-electron chi connectivity index (χ3n) is 4.07. The summed E-state index contributed by atoms with van der Waals surface area (Å²) < 4.78 is 13.7. The van der Waals surface area contributed by atoms with Crippen LogP contribution in [0.2, 0.25) is 5.02 Å². The molecular formula is C17H21ClFN3O3. The molecule has 0 spiro atoms. The molecule has 1 atom stereocenters. The van der Waals surface area contributed by atoms with Gasteiger partial charge in [0.1, 0.15) is 17.9 Å². The first kappa shape index (κ1) is 19.2. The zero-order chi connectivity index (χ0) is 18.8. The van der Waals surface area contributed by atoms with E-state index in [1.165, 1.54) is 12.1 Å². The van der Waals surface area contributed by atoms with E-state index in [1.54, 1.807) is 6.92 Å². The number of carbonyl (C=O) groups is 3. The number of anilines is 1. The van der Waals surface area contributed by atoms with Crippen molar-refractivity contribution in [3.05, 3.63) is 29.0 Å². The Morgan fingerprint density at radius 2 is 2.08 bits per heavy atom. The van der Waals surface area contributed by atoms with E-state index in [4.69, 9.17) is 11.6 Å². The summed E-state index contributed by atoms with van der Waals surface area (Å²) >= 11 is 5.65. The molecule has 1 aliphatic rings. The molecule has 1 aromatic carbocycles. The minimum absolute atomic E-state index is 0.0657. The Labute approximate surface area is 150 Å². The minimum atomic E-state index is -1.02. The number of benzene rings is 1. The van der Waals surface area contributed by atoms with Crippen molar-refractivity contribution in [1.82, 2.24) is 10.2 Å². The van der Waals surface area contributed by atoms with Crippen LogP contribution in [-0.4, -0.2) is 34.8 Å². The van der Waals surface area contributed by atoms with Crippen molar-refractivity contribution >= 4 is 35.1 Å². The summed E-state index contributed by atoms with van der Waals surface area (Å²) in [4.78, 5) is 37.5. The highest BCUT2D eigenvalue weighted by atomic mass is 35.5. The number of halogens is 2. The van der Waals surface area contributed by atoms with Gasteiger partial charge >= 0.3 is 6.03 Å². The summed E-state index contributed by atoms with van der Waals surface area (Å²) in [6.45, 7) is 5.21. The smallest absolute Gasteiger partial charge is 0.323 e. The number of carbonyl (C=O) groups excluding carboxylic acids is 3. The summed E-state index contributed by atoms with van der Waals surface area (Å²) in [5.74, 6) is -1.44. The van der Waals surface area contributed by atoms with Crippen LogP contribution in [0.4, 0.5) is 14.9 Å². The SMILES string of the molecule is CC(C)CC[C@@]1(C)NC(=O)N(CC(=O)Nc2ccc(Cl)cc2F)C1=O. The van der Waals surface area contributed by atoms with Crippen LogP contribution in [0.3, 0.4) is 0 Å². The molecule has 2 rings (SSSR count). The number of hydrogen-bond acceptors (Lipinski definition) is 3. The van der Waals surface area contributed by atoms with Gasteiger partial charge in [-0.1, -0.05) is 25.4 Å². The first-order valence-electron chi connectivity index (χ1n) is 8.01. The van der Waals surface area contributed by atoms with Crippen molar-refractivity contribution in [3.8, 4) is 0 Å². The van der Waals surface area contributed by atoms with Crippen molar-refractivity contribution in [1.29, 1.82) is 0 Å². The van der Waals surface area contributed by atoms with Crippen LogP contribution in [0.25, 0.3) is 0 Å². The second kappa shape index (κ2) is 7.39. The van der Waals surface area contributed by atoms with E-state index in [0.717, 1.165) is 17.4 Å². The van der Waals surface area contributed by atoms with E-state index in [0.29, 0.717) is 12.3 Å². The van der Waals surface area contributed by atoms with Gasteiger partial charge < -0.3 is 10.6 Å². The average molecular weight is 370 g/mol. The van der Waals surface area contributed by atoms with Gasteiger partial charge in [0.25, 0.3) is 5.91 Å². The molecule has 0 saturated carbocycles. The van der Waals surface area contributed by atoms with E-state index in [2.05, 4.69) is 10.6 Å². The summed E-state index contributed by atoms with van der Waals surface area (Å²) in [6, 6.07) is 3.18. The molecule has 0 aromatic heterocycles. The summed E-state index contributed by atoms with van der Waals surface area (Å²) in [6.07, 6.45) is 1.25. The van der Waals surface area contributed by atoms with Crippen molar-refractivity contribution in [2.45, 2.75) is 39.2 Å². The highest BCUT2D eigenvalue weighted by Gasteiger charge is 2.47. The van der Waals surface area contributed by atoms with Gasteiger partial charge in [-0.15, -0.1) is 0 Å². The number of rotatable bonds is 6. The molecule has 0 unspecified atom stereocenters. The van der Waals surface area contributed by atoms with E-state index in [-0.39, 0.29) is 10.7 Å². The average Bonchev–Trinajstić information content (AvgIpc) is 2.72. The lowest BCUT2D eigenvalue weighted by Crippen LogP contribution is -2.44. The monoisotopic (exact) mass is 369 g/mol. The Hall–Kier alpha value is -2.15. The minimum Gasteiger partial charge on any atom is -0.323 e. The predicted molar refractivity (Wildman–Crippen MR) is 92.8 cm³/mol. The van der Waals surface area contributed by atoms with E-state index < -0.39 is 35.7 Å². The molecule has 1 saturated heterocycles. The lowest BCUT2D eigenvalue weighted by atomic mass is 9.92. The van der Waals surface area contributed by atoms with Crippen molar-refractivity contribution in [3.63, 3.8) is 0 Å². The van der Waals surface area contributed by atoms with Gasteiger partial charge in [-0.3, -0.25) is 14.5 Å². The van der Waals surface area contributed by atoms with Crippen LogP contribution < -0.4 is 10.6 Å². The number of imide groups is 1. The Morgan fingerprint density at radius 1 is 1.40 bits per heavy atom. The molecule has 136 valence electrons. The quantitative estimate of drug-likeness (QED) is 0.756. The molecule has 4 amide bonds. The van der Waals surface area contributed by atoms with Crippen molar-refractivity contribution in [2.75, 3.05) is 11.9 Å². The molecule has 1 aromatic rings. The molecule has 1 aliphatic heterocycles. The fourth-order valence-corrected chi connectivity index (χ4v) is 2.72. The molecule has 8 heteroatoms. The largest absolute Gasteiger partial charge is 0.325 e. The van der Waals surface area contributed by atoms with E-state index in [1.807, 2.05) is 13.8 Å². The molecular weight excluding hydrogens is 349 g/mol. The topological polar surface area (TPSA) is 78.5 Å². The number of amides is 4. The first-order valence-corrected chi connectivity index (χ1v) is 8.39. The molecule has 0 radical (unpaired) electrons. The van der Waals surface area contributed by atoms with Gasteiger partial charge in [-0.25, -0.2) is 9.18 Å². The second-order valence-electron chi connectivity index (χ2n) is 6.76. The van der Waals surface area contributed by atoms with E-state index in [9.17, 15) is 18.8 Å². The Balaban J connectivity index is 2.03. The maximum absolute atomic E-state index is 13.7. The fourth-order valence-electron chi connectivity index (χ4n) is 2.56. The van der Waals surface area contributed by atoms with Gasteiger partial charge in [0.15, 0.2) is 0 Å². The maximum Gasteiger partial charge on any atom is 0.325 e. The van der Waals surface area contributed by atoms with Gasteiger partial charge in [-0.2, -0.15) is 0 Å². The highest BCUT2D eigenvalue weighted by molar-refractivity contribution is 6.30. The van der Waals surface area contributed by atoms with E-state index >= 15 is 0 Å². The van der Waals surface area contributed by atoms with Crippen molar-refractivity contribution in [2.24, 2.45) is 5.92 Å². The van der Waals surface area contributed by atoms with Gasteiger partial charge in [-0.05, 0) is 43.9 Å². The Morgan fingerprint density at radius 3 is 2.68 bits per heavy atom. The summed E-state index contributed by atoms with van der Waals surface area (Å²) in [5, 5.41) is 5.18. The predicted octanol–water partition coefficient (Wildman–Crippen LogP) is 3.16. The fraction of sp³-hybridized carbons (Fsp3) is 0.471. The third kappa shape index (κ3) is 4.48. The van der Waals surface area contributed by atoms with Gasteiger partial charge in [0.2, 0.25) is 5.91 Å². The first-order chi connectivity index (χ1) is 11.6. The number of urea groups is 1. The molecule has 6 nitrogen and oxygen atoms in total. The Kier molecular flexibility index (Phi) is 5.67. The van der Waals surface area contributed by atoms with Crippen LogP contribution in [0.5, 0.6) is 0 Å². The normalized spacial score (nSPS) is 20.2. The highest BCUT2D eigenvalue weighted by Crippen LogP contribution is 2.25. The van der Waals surface area contributed by atoms with Gasteiger partial charge in [0.05, 0.1) is 5.69 Å². The molecule has 1 heterocycles.